The molecule has 2 aromatic rings. The Labute approximate surface area is 81.8 Å². The highest BCUT2D eigenvalue weighted by molar-refractivity contribution is 5.69. The molecule has 0 atom stereocenters. The fourth-order valence-corrected chi connectivity index (χ4v) is 1.20. The van der Waals surface area contributed by atoms with Gasteiger partial charge in [-0.3, -0.25) is 0 Å². The van der Waals surface area contributed by atoms with Gasteiger partial charge in [0.1, 0.15) is 0 Å². The average molecular weight is 189 g/mol. The lowest BCUT2D eigenvalue weighted by Gasteiger charge is -1.98. The van der Waals surface area contributed by atoms with Crippen LogP contribution in [-0.4, -0.2) is 10.2 Å². The second-order valence-electron chi connectivity index (χ2n) is 2.94. The van der Waals surface area contributed by atoms with Crippen molar-refractivity contribution in [3.63, 3.8) is 0 Å². The SMILES string of the molecule is CCc1nnc(-c2ccccc2N)o1. The largest absolute Gasteiger partial charge is 0.421 e. The van der Waals surface area contributed by atoms with Crippen LogP contribution in [0.4, 0.5) is 5.69 Å². The molecule has 2 N–H and O–H groups in total. The zero-order valence-corrected chi connectivity index (χ0v) is 7.90. The molecule has 0 saturated heterocycles. The van der Waals surface area contributed by atoms with Gasteiger partial charge < -0.3 is 10.2 Å². The molecular weight excluding hydrogens is 178 g/mol. The first-order valence-corrected chi connectivity index (χ1v) is 4.48. The minimum Gasteiger partial charge on any atom is -0.421 e. The van der Waals surface area contributed by atoms with Gasteiger partial charge in [0.05, 0.1) is 5.56 Å². The number of aromatic nitrogens is 2. The van der Waals surface area contributed by atoms with Gasteiger partial charge in [0.25, 0.3) is 0 Å². The summed E-state index contributed by atoms with van der Waals surface area (Å²) in [7, 11) is 0. The molecule has 4 heteroatoms. The fourth-order valence-electron chi connectivity index (χ4n) is 1.20. The molecule has 1 aromatic heterocycles. The lowest BCUT2D eigenvalue weighted by atomic mass is 10.2. The average Bonchev–Trinajstić information content (AvgIpc) is 2.67. The van der Waals surface area contributed by atoms with Crippen LogP contribution < -0.4 is 5.73 Å². The number of para-hydroxylation sites is 1. The van der Waals surface area contributed by atoms with Gasteiger partial charge in [-0.1, -0.05) is 19.1 Å². The predicted molar refractivity (Wildman–Crippen MR) is 53.5 cm³/mol. The van der Waals surface area contributed by atoms with E-state index in [9.17, 15) is 0 Å². The van der Waals surface area contributed by atoms with E-state index in [1.807, 2.05) is 31.2 Å². The van der Waals surface area contributed by atoms with Crippen molar-refractivity contribution in [2.24, 2.45) is 0 Å². The van der Waals surface area contributed by atoms with Crippen molar-refractivity contribution in [3.05, 3.63) is 30.2 Å². The molecule has 0 saturated carbocycles. The standard InChI is InChI=1S/C10H11N3O/c1-2-9-12-13-10(14-9)7-5-3-4-6-8(7)11/h3-6H,2,11H2,1H3. The summed E-state index contributed by atoms with van der Waals surface area (Å²) < 4.78 is 5.40. The third-order valence-electron chi connectivity index (χ3n) is 1.96. The summed E-state index contributed by atoms with van der Waals surface area (Å²) in [6.07, 6.45) is 0.736. The second-order valence-corrected chi connectivity index (χ2v) is 2.94. The van der Waals surface area contributed by atoms with E-state index in [4.69, 9.17) is 10.2 Å². The molecule has 14 heavy (non-hydrogen) atoms. The van der Waals surface area contributed by atoms with E-state index >= 15 is 0 Å². The zero-order chi connectivity index (χ0) is 9.97. The van der Waals surface area contributed by atoms with E-state index in [1.54, 1.807) is 0 Å². The number of hydrogen-bond acceptors (Lipinski definition) is 4. The summed E-state index contributed by atoms with van der Waals surface area (Å²) in [5, 5.41) is 7.80. The number of aryl methyl sites for hydroxylation is 1. The van der Waals surface area contributed by atoms with Gasteiger partial charge in [-0.2, -0.15) is 0 Å². The van der Waals surface area contributed by atoms with Crippen LogP contribution in [0.25, 0.3) is 11.5 Å². The molecule has 0 aliphatic carbocycles. The van der Waals surface area contributed by atoms with Crippen LogP contribution in [0.5, 0.6) is 0 Å². The van der Waals surface area contributed by atoms with Gasteiger partial charge >= 0.3 is 0 Å². The molecule has 4 nitrogen and oxygen atoms in total. The zero-order valence-electron chi connectivity index (χ0n) is 7.90. The summed E-state index contributed by atoms with van der Waals surface area (Å²) in [6.45, 7) is 1.96. The summed E-state index contributed by atoms with van der Waals surface area (Å²) in [4.78, 5) is 0. The van der Waals surface area contributed by atoms with Gasteiger partial charge in [-0.05, 0) is 12.1 Å². The molecule has 0 aliphatic heterocycles. The van der Waals surface area contributed by atoms with E-state index in [0.717, 1.165) is 12.0 Å². The molecule has 0 radical (unpaired) electrons. The van der Waals surface area contributed by atoms with Crippen LogP contribution in [-0.2, 0) is 6.42 Å². The van der Waals surface area contributed by atoms with Crippen LogP contribution >= 0.6 is 0 Å². The molecule has 72 valence electrons. The highest BCUT2D eigenvalue weighted by atomic mass is 16.4. The van der Waals surface area contributed by atoms with Gasteiger partial charge in [-0.15, -0.1) is 10.2 Å². The van der Waals surface area contributed by atoms with Crippen LogP contribution in [0.1, 0.15) is 12.8 Å². The van der Waals surface area contributed by atoms with E-state index < -0.39 is 0 Å². The topological polar surface area (TPSA) is 64.9 Å². The lowest BCUT2D eigenvalue weighted by molar-refractivity contribution is 0.513. The molecule has 1 heterocycles. The maximum absolute atomic E-state index is 5.78. The Morgan fingerprint density at radius 2 is 2.07 bits per heavy atom. The fraction of sp³-hybridized carbons (Fsp3) is 0.200. The Bertz CT molecular complexity index is 436. The van der Waals surface area contributed by atoms with Gasteiger partial charge in [-0.25, -0.2) is 0 Å². The third kappa shape index (κ3) is 1.46. The molecule has 0 spiro atoms. The Kier molecular flexibility index (Phi) is 2.18. The number of nitrogens with zero attached hydrogens (tertiary/aromatic N) is 2. The maximum atomic E-state index is 5.78. The number of nitrogens with two attached hydrogens (primary N) is 1. The van der Waals surface area contributed by atoms with Crippen molar-refractivity contribution in [2.45, 2.75) is 13.3 Å². The van der Waals surface area contributed by atoms with Crippen LogP contribution in [0.2, 0.25) is 0 Å². The molecule has 0 unspecified atom stereocenters. The molecule has 0 amide bonds. The van der Waals surface area contributed by atoms with Crippen molar-refractivity contribution in [1.29, 1.82) is 0 Å². The van der Waals surface area contributed by atoms with Crippen LogP contribution in [0.15, 0.2) is 28.7 Å². The number of anilines is 1. The molecular formula is C10H11N3O. The molecule has 0 aliphatic rings. The molecule has 0 fully saturated rings. The summed E-state index contributed by atoms with van der Waals surface area (Å²) >= 11 is 0. The Morgan fingerprint density at radius 3 is 2.71 bits per heavy atom. The summed E-state index contributed by atoms with van der Waals surface area (Å²) in [5.41, 5.74) is 7.22. The maximum Gasteiger partial charge on any atom is 0.249 e. The smallest absolute Gasteiger partial charge is 0.249 e. The monoisotopic (exact) mass is 189 g/mol. The Balaban J connectivity index is 2.44. The van der Waals surface area contributed by atoms with Gasteiger partial charge in [0, 0.05) is 12.1 Å². The van der Waals surface area contributed by atoms with Gasteiger partial charge in [0.15, 0.2) is 0 Å². The van der Waals surface area contributed by atoms with Gasteiger partial charge in [0.2, 0.25) is 11.8 Å². The summed E-state index contributed by atoms with van der Waals surface area (Å²) in [6, 6.07) is 7.44. The normalized spacial score (nSPS) is 10.4. The molecule has 1 aromatic carbocycles. The van der Waals surface area contributed by atoms with E-state index in [1.165, 1.54) is 0 Å². The van der Waals surface area contributed by atoms with Crippen LogP contribution in [0, 0.1) is 0 Å². The molecule has 2 rings (SSSR count). The number of nitrogen functional groups attached to an aromatic ring is 1. The van der Waals surface area contributed by atoms with Crippen LogP contribution in [0.3, 0.4) is 0 Å². The first-order valence-electron chi connectivity index (χ1n) is 4.48. The van der Waals surface area contributed by atoms with Crippen molar-refractivity contribution >= 4 is 5.69 Å². The number of benzene rings is 1. The Morgan fingerprint density at radius 1 is 1.29 bits per heavy atom. The lowest BCUT2D eigenvalue weighted by Crippen LogP contribution is -1.88. The summed E-state index contributed by atoms with van der Waals surface area (Å²) in [5.74, 6) is 1.11. The number of hydrogen-bond donors (Lipinski definition) is 1. The highest BCUT2D eigenvalue weighted by Gasteiger charge is 2.09. The van der Waals surface area contributed by atoms with Crippen molar-refractivity contribution in [3.8, 4) is 11.5 Å². The Hall–Kier alpha value is -1.84. The first-order chi connectivity index (χ1) is 6.81. The molecule has 0 bridgehead atoms. The minimum atomic E-state index is 0.486. The first kappa shape index (κ1) is 8.74. The van der Waals surface area contributed by atoms with E-state index in [2.05, 4.69) is 10.2 Å². The predicted octanol–water partition coefficient (Wildman–Crippen LogP) is 1.88. The highest BCUT2D eigenvalue weighted by Crippen LogP contribution is 2.23. The number of rotatable bonds is 2. The van der Waals surface area contributed by atoms with Crippen molar-refractivity contribution in [1.82, 2.24) is 10.2 Å². The van der Waals surface area contributed by atoms with Crippen molar-refractivity contribution < 1.29 is 4.42 Å². The van der Waals surface area contributed by atoms with E-state index in [0.29, 0.717) is 17.5 Å². The quantitative estimate of drug-likeness (QED) is 0.732. The van der Waals surface area contributed by atoms with E-state index in [-0.39, 0.29) is 0 Å². The minimum absolute atomic E-state index is 0.486. The third-order valence-corrected chi connectivity index (χ3v) is 1.96. The second kappa shape index (κ2) is 3.49. The van der Waals surface area contributed by atoms with Crippen molar-refractivity contribution in [2.75, 3.05) is 5.73 Å².